The quantitative estimate of drug-likeness (QED) is 0.829. The lowest BCUT2D eigenvalue weighted by Crippen LogP contribution is -2.39. The van der Waals surface area contributed by atoms with Gasteiger partial charge in [0, 0.05) is 31.6 Å². The Balaban J connectivity index is 1.73. The number of halogens is 2. The maximum absolute atomic E-state index is 13.2. The third-order valence-electron chi connectivity index (χ3n) is 4.40. The molecular weight excluding hydrogens is 379 g/mol. The van der Waals surface area contributed by atoms with Gasteiger partial charge in [0.2, 0.25) is 0 Å². The molecule has 0 aliphatic carbocycles. The monoisotopic (exact) mass is 398 g/mol. The first kappa shape index (κ1) is 18.9. The van der Waals surface area contributed by atoms with Gasteiger partial charge in [-0.25, -0.2) is 12.8 Å². The van der Waals surface area contributed by atoms with Crippen LogP contribution < -0.4 is 9.62 Å². The van der Waals surface area contributed by atoms with E-state index in [0.717, 1.165) is 43.8 Å². The number of hydrogen-bond donors (Lipinski definition) is 1. The molecule has 0 saturated carbocycles. The predicted octanol–water partition coefficient (Wildman–Crippen LogP) is 3.90. The number of nitrogens with one attached hydrogen (secondary N) is 1. The lowest BCUT2D eigenvalue weighted by Gasteiger charge is -2.33. The van der Waals surface area contributed by atoms with Crippen molar-refractivity contribution in [3.8, 4) is 0 Å². The van der Waals surface area contributed by atoms with Gasteiger partial charge in [0.25, 0.3) is 10.0 Å². The molecule has 1 unspecified atom stereocenters. The van der Waals surface area contributed by atoms with Gasteiger partial charge < -0.3 is 9.64 Å². The molecule has 3 rings (SSSR count). The van der Waals surface area contributed by atoms with Gasteiger partial charge in [0.05, 0.1) is 16.0 Å². The van der Waals surface area contributed by atoms with Crippen LogP contribution in [-0.4, -0.2) is 34.7 Å². The molecule has 26 heavy (non-hydrogen) atoms. The summed E-state index contributed by atoms with van der Waals surface area (Å²) in [7, 11) is -2.12. The molecule has 1 aliphatic rings. The molecule has 2 aromatic carbocycles. The van der Waals surface area contributed by atoms with Gasteiger partial charge in [0.15, 0.2) is 0 Å². The fourth-order valence-corrected chi connectivity index (χ4v) is 4.29. The summed E-state index contributed by atoms with van der Waals surface area (Å²) >= 11 is 5.67. The zero-order valence-electron chi connectivity index (χ0n) is 14.3. The molecule has 5 nitrogen and oxygen atoms in total. The van der Waals surface area contributed by atoms with Crippen LogP contribution in [0.5, 0.6) is 0 Å². The van der Waals surface area contributed by atoms with Crippen LogP contribution in [0, 0.1) is 5.82 Å². The Bertz CT molecular complexity index is 875. The minimum Gasteiger partial charge on any atom is -0.380 e. The summed E-state index contributed by atoms with van der Waals surface area (Å²) in [6, 6.07) is 10.4. The largest absolute Gasteiger partial charge is 0.380 e. The van der Waals surface area contributed by atoms with E-state index in [2.05, 4.69) is 9.62 Å². The molecule has 0 bridgehead atoms. The van der Waals surface area contributed by atoms with Crippen molar-refractivity contribution in [2.45, 2.75) is 23.8 Å². The van der Waals surface area contributed by atoms with Gasteiger partial charge in [-0.3, -0.25) is 4.72 Å². The molecule has 1 heterocycles. The Morgan fingerprint density at radius 1 is 1.23 bits per heavy atom. The molecule has 1 N–H and O–H groups in total. The van der Waals surface area contributed by atoms with E-state index in [1.54, 1.807) is 19.2 Å². The van der Waals surface area contributed by atoms with Crippen molar-refractivity contribution in [2.75, 3.05) is 29.8 Å². The molecule has 1 saturated heterocycles. The fourth-order valence-electron chi connectivity index (χ4n) is 2.96. The van der Waals surface area contributed by atoms with Crippen LogP contribution >= 0.6 is 11.6 Å². The van der Waals surface area contributed by atoms with Crippen LogP contribution in [-0.2, 0) is 14.8 Å². The summed E-state index contributed by atoms with van der Waals surface area (Å²) in [6.07, 6.45) is 2.31. The number of sulfonamides is 1. The van der Waals surface area contributed by atoms with Gasteiger partial charge in [-0.2, -0.15) is 0 Å². The number of methoxy groups -OCH3 is 1. The second kappa shape index (κ2) is 7.82. The molecule has 0 radical (unpaired) electrons. The topological polar surface area (TPSA) is 58.6 Å². The van der Waals surface area contributed by atoms with E-state index in [4.69, 9.17) is 16.3 Å². The Morgan fingerprint density at radius 3 is 2.62 bits per heavy atom. The van der Waals surface area contributed by atoms with Crippen molar-refractivity contribution in [3.05, 3.63) is 53.3 Å². The van der Waals surface area contributed by atoms with Gasteiger partial charge in [0.1, 0.15) is 5.82 Å². The van der Waals surface area contributed by atoms with E-state index in [9.17, 15) is 12.8 Å². The van der Waals surface area contributed by atoms with Crippen LogP contribution in [0.4, 0.5) is 15.8 Å². The first-order valence-corrected chi connectivity index (χ1v) is 10.1. The molecule has 1 fully saturated rings. The van der Waals surface area contributed by atoms with Crippen molar-refractivity contribution in [2.24, 2.45) is 0 Å². The molecule has 140 valence electrons. The Morgan fingerprint density at radius 2 is 1.96 bits per heavy atom. The van der Waals surface area contributed by atoms with Crippen molar-refractivity contribution < 1.29 is 17.5 Å². The molecule has 1 atom stereocenters. The van der Waals surface area contributed by atoms with Crippen LogP contribution in [0.25, 0.3) is 0 Å². The van der Waals surface area contributed by atoms with E-state index < -0.39 is 15.8 Å². The average molecular weight is 399 g/mol. The van der Waals surface area contributed by atoms with Gasteiger partial charge in [-0.1, -0.05) is 11.6 Å². The standard InChI is InChI=1S/C18H20ClFN2O3S/c1-25-15-3-2-10-22(12-15)14-6-4-13(5-7-14)21-26(23,24)16-8-9-18(20)17(19)11-16/h4-9,11,15,21H,2-3,10,12H2,1H3. The maximum atomic E-state index is 13.2. The van der Waals surface area contributed by atoms with Crippen LogP contribution in [0.15, 0.2) is 47.4 Å². The summed E-state index contributed by atoms with van der Waals surface area (Å²) in [5.41, 5.74) is 1.44. The molecule has 8 heteroatoms. The van der Waals surface area contributed by atoms with Crippen LogP contribution in [0.2, 0.25) is 5.02 Å². The molecule has 0 aromatic heterocycles. The SMILES string of the molecule is COC1CCCN(c2ccc(NS(=O)(=O)c3ccc(F)c(Cl)c3)cc2)C1. The number of hydrogen-bond acceptors (Lipinski definition) is 4. The minimum absolute atomic E-state index is 0.0908. The normalized spacial score (nSPS) is 18.0. The fraction of sp³-hybridized carbons (Fsp3) is 0.333. The first-order chi connectivity index (χ1) is 12.4. The Labute approximate surface area is 157 Å². The van der Waals surface area contributed by atoms with Gasteiger partial charge in [-0.05, 0) is 55.3 Å². The maximum Gasteiger partial charge on any atom is 0.261 e. The predicted molar refractivity (Wildman–Crippen MR) is 101 cm³/mol. The highest BCUT2D eigenvalue weighted by atomic mass is 35.5. The van der Waals surface area contributed by atoms with Crippen molar-refractivity contribution in [1.29, 1.82) is 0 Å². The summed E-state index contributed by atoms with van der Waals surface area (Å²) < 4.78 is 46.0. The number of ether oxygens (including phenoxy) is 1. The summed E-state index contributed by atoms with van der Waals surface area (Å²) in [5, 5.41) is -0.235. The third kappa shape index (κ3) is 4.28. The van der Waals surface area contributed by atoms with Crippen molar-refractivity contribution >= 4 is 33.0 Å². The molecule has 0 spiro atoms. The second-order valence-corrected chi connectivity index (χ2v) is 8.26. The van der Waals surface area contributed by atoms with E-state index in [1.165, 1.54) is 6.07 Å². The molecule has 1 aliphatic heterocycles. The van der Waals surface area contributed by atoms with Crippen LogP contribution in [0.1, 0.15) is 12.8 Å². The van der Waals surface area contributed by atoms with E-state index >= 15 is 0 Å². The molecular formula is C18H20ClFN2O3S. The van der Waals surface area contributed by atoms with E-state index in [1.807, 2.05) is 12.1 Å². The van der Waals surface area contributed by atoms with E-state index in [-0.39, 0.29) is 16.0 Å². The van der Waals surface area contributed by atoms with Crippen LogP contribution in [0.3, 0.4) is 0 Å². The third-order valence-corrected chi connectivity index (χ3v) is 6.07. The zero-order chi connectivity index (χ0) is 18.7. The zero-order valence-corrected chi connectivity index (χ0v) is 15.9. The second-order valence-electron chi connectivity index (χ2n) is 6.17. The summed E-state index contributed by atoms with van der Waals surface area (Å²) in [6.45, 7) is 1.76. The molecule has 2 aromatic rings. The lowest BCUT2D eigenvalue weighted by molar-refractivity contribution is 0.0893. The number of anilines is 2. The smallest absolute Gasteiger partial charge is 0.261 e. The van der Waals surface area contributed by atoms with Gasteiger partial charge in [-0.15, -0.1) is 0 Å². The average Bonchev–Trinajstić information content (AvgIpc) is 2.64. The lowest BCUT2D eigenvalue weighted by atomic mass is 10.1. The highest BCUT2D eigenvalue weighted by molar-refractivity contribution is 7.92. The van der Waals surface area contributed by atoms with Crippen molar-refractivity contribution in [3.63, 3.8) is 0 Å². The van der Waals surface area contributed by atoms with Gasteiger partial charge >= 0.3 is 0 Å². The highest BCUT2D eigenvalue weighted by Gasteiger charge is 2.20. The Kier molecular flexibility index (Phi) is 5.70. The van der Waals surface area contributed by atoms with E-state index in [0.29, 0.717) is 5.69 Å². The summed E-state index contributed by atoms with van der Waals surface area (Å²) in [5.74, 6) is -0.661. The minimum atomic E-state index is -3.84. The number of nitrogens with zero attached hydrogens (tertiary/aromatic N) is 1. The summed E-state index contributed by atoms with van der Waals surface area (Å²) in [4.78, 5) is 2.13. The van der Waals surface area contributed by atoms with Crippen molar-refractivity contribution in [1.82, 2.24) is 0 Å². The molecule has 0 amide bonds. The highest BCUT2D eigenvalue weighted by Crippen LogP contribution is 2.25. The first-order valence-electron chi connectivity index (χ1n) is 8.25. The number of piperidine rings is 1. The number of rotatable bonds is 5. The number of benzene rings is 2. The Hall–Kier alpha value is -1.83.